The van der Waals surface area contributed by atoms with Crippen molar-refractivity contribution in [1.82, 2.24) is 19.7 Å². The van der Waals surface area contributed by atoms with Crippen molar-refractivity contribution in [3.63, 3.8) is 0 Å². The van der Waals surface area contributed by atoms with Gasteiger partial charge in [-0.05, 0) is 50.6 Å². The standard InChI is InChI=1S/C40H47N6O11P/c1-24(2)34(47)53-32-31(29-18-19-30-33(42)43-23-44-46(29)30)54-39(21-41)37(40(32,39)55-35(48)25(3)4)57-58(50,56-28-16-12-9-13-17-28)45-26(5)36(49)51-22-38(6,7)52-20-27-14-10-8-11-15-27/h8-19,23-26,31-32,37H,20,22H2,1-7H3,(H,45,50)(H2,42,43,44)/t26-,31-,32-,37?,39+,40+,58?/m0/s1. The summed E-state index contributed by atoms with van der Waals surface area (Å²) in [5, 5.41) is 17.8. The highest BCUT2D eigenvalue weighted by atomic mass is 31.2. The highest BCUT2D eigenvalue weighted by molar-refractivity contribution is 7.52. The summed E-state index contributed by atoms with van der Waals surface area (Å²) in [6.45, 7) is 11.4. The fraction of sp³-hybridized carbons (Fsp3) is 0.450. The quantitative estimate of drug-likeness (QED) is 0.0788. The molecule has 0 bridgehead atoms. The van der Waals surface area contributed by atoms with Crippen LogP contribution >= 0.6 is 7.75 Å². The van der Waals surface area contributed by atoms with Crippen LogP contribution in [0, 0.1) is 23.2 Å². The van der Waals surface area contributed by atoms with Gasteiger partial charge in [-0.1, -0.05) is 76.2 Å². The lowest BCUT2D eigenvalue weighted by atomic mass is 10.0. The monoisotopic (exact) mass is 818 g/mol. The molecule has 2 aromatic heterocycles. The SMILES string of the molecule is CC(C)C(=O)O[C@H]1[C@H](c2ccc3c(N)ncnn23)O[C@]2(C#N)C(OP(=O)(N[C@@H](C)C(=O)OCC(C)(C)OCc3ccccc3)Oc3ccccc3)[C@]12OC(=O)C(C)C. The summed E-state index contributed by atoms with van der Waals surface area (Å²) in [5.41, 5.74) is 2.36. The molecule has 0 radical (unpaired) electrons. The number of hydrogen-bond acceptors (Lipinski definition) is 15. The number of nitrogen functional groups attached to an aromatic ring is 1. The average molecular weight is 819 g/mol. The molecule has 1 saturated heterocycles. The summed E-state index contributed by atoms with van der Waals surface area (Å²) < 4.78 is 58.7. The second-order valence-electron chi connectivity index (χ2n) is 15.3. The third-order valence-electron chi connectivity index (χ3n) is 9.64. The maximum atomic E-state index is 15.0. The highest BCUT2D eigenvalue weighted by Gasteiger charge is 2.95. The molecule has 3 heterocycles. The van der Waals surface area contributed by atoms with E-state index in [9.17, 15) is 24.2 Å². The van der Waals surface area contributed by atoms with E-state index >= 15 is 0 Å². The third-order valence-corrected chi connectivity index (χ3v) is 11.3. The van der Waals surface area contributed by atoms with Crippen LogP contribution in [0.4, 0.5) is 5.82 Å². The molecule has 58 heavy (non-hydrogen) atoms. The number of para-hydroxylation sites is 1. The van der Waals surface area contributed by atoms with Crippen LogP contribution in [0.1, 0.15) is 65.8 Å². The molecule has 6 rings (SSSR count). The Morgan fingerprint density at radius 2 is 1.64 bits per heavy atom. The number of fused-ring (bicyclic) bond motifs is 2. The van der Waals surface area contributed by atoms with E-state index in [-0.39, 0.29) is 30.5 Å². The Morgan fingerprint density at radius 1 is 0.983 bits per heavy atom. The van der Waals surface area contributed by atoms with Gasteiger partial charge >= 0.3 is 25.7 Å². The summed E-state index contributed by atoms with van der Waals surface area (Å²) >= 11 is 0. The van der Waals surface area contributed by atoms with E-state index < -0.39 is 78.6 Å². The van der Waals surface area contributed by atoms with Gasteiger partial charge in [-0.25, -0.2) is 14.1 Å². The van der Waals surface area contributed by atoms with Crippen molar-refractivity contribution in [2.75, 3.05) is 12.3 Å². The predicted octanol–water partition coefficient (Wildman–Crippen LogP) is 5.25. The van der Waals surface area contributed by atoms with Gasteiger partial charge in [-0.3, -0.25) is 18.9 Å². The Hall–Kier alpha value is -5.37. The number of nitriles is 1. The Labute approximate surface area is 335 Å². The van der Waals surface area contributed by atoms with Crippen LogP contribution in [0.5, 0.6) is 5.75 Å². The molecule has 1 aliphatic heterocycles. The zero-order valence-corrected chi connectivity index (χ0v) is 34.1. The van der Waals surface area contributed by atoms with E-state index in [0.29, 0.717) is 5.52 Å². The molecule has 7 atom stereocenters. The van der Waals surface area contributed by atoms with Crippen molar-refractivity contribution < 1.29 is 51.7 Å². The van der Waals surface area contributed by atoms with E-state index in [1.807, 2.05) is 30.3 Å². The minimum absolute atomic E-state index is 0.0675. The van der Waals surface area contributed by atoms with Crippen LogP contribution < -0.4 is 15.3 Å². The molecule has 308 valence electrons. The number of hydrogen-bond donors (Lipinski definition) is 2. The fourth-order valence-corrected chi connectivity index (χ4v) is 8.13. The van der Waals surface area contributed by atoms with Crippen molar-refractivity contribution in [3.8, 4) is 11.8 Å². The zero-order valence-electron chi connectivity index (χ0n) is 33.2. The van der Waals surface area contributed by atoms with Crippen molar-refractivity contribution >= 4 is 37.0 Å². The minimum atomic E-state index is -4.77. The molecule has 0 spiro atoms. The van der Waals surface area contributed by atoms with E-state index in [1.54, 1.807) is 71.9 Å². The average Bonchev–Trinajstić information content (AvgIpc) is 3.42. The molecule has 2 aliphatic rings. The van der Waals surface area contributed by atoms with Gasteiger partial charge < -0.3 is 33.9 Å². The summed E-state index contributed by atoms with van der Waals surface area (Å²) in [6, 6.07) is 21.4. The second-order valence-corrected chi connectivity index (χ2v) is 17.0. The maximum absolute atomic E-state index is 15.0. The lowest BCUT2D eigenvalue weighted by Gasteiger charge is -2.31. The van der Waals surface area contributed by atoms with Crippen LogP contribution in [-0.2, 0) is 53.8 Å². The number of anilines is 1. The van der Waals surface area contributed by atoms with Gasteiger partial charge in [0.1, 0.15) is 42.4 Å². The Bertz CT molecular complexity index is 2230. The smallest absolute Gasteiger partial charge is 0.460 e. The van der Waals surface area contributed by atoms with Gasteiger partial charge in [0, 0.05) is 0 Å². The number of rotatable bonds is 17. The fourth-order valence-electron chi connectivity index (χ4n) is 6.42. The molecule has 1 saturated carbocycles. The van der Waals surface area contributed by atoms with E-state index in [1.165, 1.54) is 29.9 Å². The first-order valence-electron chi connectivity index (χ1n) is 18.7. The molecule has 18 heteroatoms. The molecular formula is C40H47N6O11P. The van der Waals surface area contributed by atoms with Crippen LogP contribution in [0.15, 0.2) is 79.1 Å². The van der Waals surface area contributed by atoms with Gasteiger partial charge in [0.15, 0.2) is 18.0 Å². The van der Waals surface area contributed by atoms with Gasteiger partial charge in [0.05, 0.1) is 29.7 Å². The van der Waals surface area contributed by atoms with Crippen molar-refractivity contribution in [2.45, 2.75) is 96.2 Å². The highest BCUT2D eigenvalue weighted by Crippen LogP contribution is 2.71. The number of benzene rings is 2. The minimum Gasteiger partial charge on any atom is -0.461 e. The molecule has 0 amide bonds. The molecule has 2 fully saturated rings. The molecule has 4 aromatic rings. The number of carbonyl (C=O) groups excluding carboxylic acids is 3. The Balaban J connectivity index is 1.33. The van der Waals surface area contributed by atoms with Crippen LogP contribution in [0.25, 0.3) is 5.52 Å². The largest absolute Gasteiger partial charge is 0.461 e. The number of aromatic nitrogens is 3. The van der Waals surface area contributed by atoms with Gasteiger partial charge in [-0.2, -0.15) is 15.4 Å². The van der Waals surface area contributed by atoms with Gasteiger partial charge in [-0.15, -0.1) is 0 Å². The first kappa shape index (κ1) is 42.2. The predicted molar refractivity (Wildman–Crippen MR) is 206 cm³/mol. The van der Waals surface area contributed by atoms with Crippen molar-refractivity contribution in [1.29, 1.82) is 5.26 Å². The summed E-state index contributed by atoms with van der Waals surface area (Å²) in [5.74, 6) is -3.56. The number of esters is 3. The Morgan fingerprint density at radius 3 is 2.28 bits per heavy atom. The number of nitrogens with zero attached hydrogens (tertiary/aromatic N) is 4. The molecule has 2 unspecified atom stereocenters. The van der Waals surface area contributed by atoms with Crippen LogP contribution in [-0.4, -0.2) is 74.2 Å². The summed E-state index contributed by atoms with van der Waals surface area (Å²) in [6.07, 6.45) is -3.34. The molecule has 17 nitrogen and oxygen atoms in total. The molecule has 1 aliphatic carbocycles. The van der Waals surface area contributed by atoms with E-state index in [0.717, 1.165) is 5.56 Å². The topological polar surface area (TPSA) is 225 Å². The van der Waals surface area contributed by atoms with Gasteiger partial charge in [0.25, 0.3) is 0 Å². The third kappa shape index (κ3) is 8.29. The number of carbonyl (C=O) groups is 3. The zero-order chi connectivity index (χ0) is 42.0. The van der Waals surface area contributed by atoms with Crippen LogP contribution in [0.2, 0.25) is 0 Å². The molecule has 2 aromatic carbocycles. The number of nitrogens with two attached hydrogens (primary N) is 1. The van der Waals surface area contributed by atoms with Crippen molar-refractivity contribution in [2.24, 2.45) is 11.8 Å². The second kappa shape index (κ2) is 16.5. The lowest BCUT2D eigenvalue weighted by molar-refractivity contribution is -0.181. The Kier molecular flexibility index (Phi) is 12.0. The summed E-state index contributed by atoms with van der Waals surface area (Å²) in [7, 11) is -4.77. The number of ether oxygens (including phenoxy) is 5. The normalized spacial score (nSPS) is 24.0. The van der Waals surface area contributed by atoms with Gasteiger partial charge in [0.2, 0.25) is 11.2 Å². The van der Waals surface area contributed by atoms with E-state index in [4.69, 9.17) is 38.5 Å². The van der Waals surface area contributed by atoms with Crippen molar-refractivity contribution in [3.05, 3.63) is 90.4 Å². The number of nitrogens with one attached hydrogen (secondary N) is 1. The maximum Gasteiger partial charge on any atom is 0.460 e. The summed E-state index contributed by atoms with van der Waals surface area (Å²) in [4.78, 5) is 44.4. The molecule has 3 N–H and O–H groups in total. The lowest BCUT2D eigenvalue weighted by Crippen LogP contribution is -2.45. The molecular weight excluding hydrogens is 771 g/mol. The van der Waals surface area contributed by atoms with Crippen LogP contribution in [0.3, 0.4) is 0 Å². The van der Waals surface area contributed by atoms with E-state index in [2.05, 4.69) is 21.2 Å². The first-order valence-corrected chi connectivity index (χ1v) is 20.3. The first-order chi connectivity index (χ1) is 27.5.